The molecule has 2 aliphatic rings. The van der Waals surface area contributed by atoms with E-state index in [0.29, 0.717) is 13.2 Å². The van der Waals surface area contributed by atoms with Crippen molar-refractivity contribution in [3.63, 3.8) is 0 Å². The second-order valence-corrected chi connectivity index (χ2v) is 10.5. The van der Waals surface area contributed by atoms with Crippen LogP contribution in [-0.2, 0) is 9.47 Å². The van der Waals surface area contributed by atoms with Crippen LogP contribution in [0.2, 0.25) is 0 Å². The summed E-state index contributed by atoms with van der Waals surface area (Å²) >= 11 is 1.82. The van der Waals surface area contributed by atoms with Crippen LogP contribution >= 0.6 is 11.8 Å². The van der Waals surface area contributed by atoms with Crippen molar-refractivity contribution in [2.24, 2.45) is 4.99 Å². The molecule has 172 valence electrons. The summed E-state index contributed by atoms with van der Waals surface area (Å²) in [6.07, 6.45) is 0. The summed E-state index contributed by atoms with van der Waals surface area (Å²) < 4.78 is 11.5. The third kappa shape index (κ3) is 6.13. The predicted molar refractivity (Wildman–Crippen MR) is 132 cm³/mol. The van der Waals surface area contributed by atoms with E-state index in [1.165, 1.54) is 20.9 Å². The summed E-state index contributed by atoms with van der Waals surface area (Å²) in [6.45, 7) is 15.4. The number of hydrogen-bond acceptors (Lipinski definition) is 6. The minimum Gasteiger partial charge on any atom is -0.378 e. The van der Waals surface area contributed by atoms with Gasteiger partial charge in [0.25, 0.3) is 0 Å². The molecule has 0 bridgehead atoms. The number of nitrogens with zero attached hydrogens (tertiary/aromatic N) is 3. The molecule has 2 aromatic rings. The number of amidine groups is 1. The van der Waals surface area contributed by atoms with Crippen LogP contribution in [0.25, 0.3) is 0 Å². The molecule has 5 nitrogen and oxygen atoms in total. The van der Waals surface area contributed by atoms with Crippen molar-refractivity contribution in [2.75, 3.05) is 52.5 Å². The molecule has 4 rings (SSSR count). The first-order valence-electron chi connectivity index (χ1n) is 11.5. The van der Waals surface area contributed by atoms with Gasteiger partial charge in [-0.3, -0.25) is 4.90 Å². The SMILES string of the molecule is Cc1ccc2c(c1)C(N1CCN(CCOCCOC(C)(C)C)CC1)=Nc1ccccc1S2. The number of para-hydroxylation sites is 1. The first kappa shape index (κ1) is 23.3. The maximum atomic E-state index is 5.78. The Morgan fingerprint density at radius 2 is 1.72 bits per heavy atom. The van der Waals surface area contributed by atoms with E-state index in [1.54, 1.807) is 0 Å². The van der Waals surface area contributed by atoms with Crippen molar-refractivity contribution >= 4 is 23.3 Å². The molecule has 1 fully saturated rings. The highest BCUT2D eigenvalue weighted by atomic mass is 32.2. The van der Waals surface area contributed by atoms with Crippen LogP contribution in [0.4, 0.5) is 5.69 Å². The van der Waals surface area contributed by atoms with Gasteiger partial charge in [0.15, 0.2) is 0 Å². The Balaban J connectivity index is 1.36. The lowest BCUT2D eigenvalue weighted by Gasteiger charge is -2.36. The van der Waals surface area contributed by atoms with E-state index in [-0.39, 0.29) is 5.60 Å². The van der Waals surface area contributed by atoms with Gasteiger partial charge in [-0.15, -0.1) is 0 Å². The van der Waals surface area contributed by atoms with Crippen LogP contribution in [0.3, 0.4) is 0 Å². The lowest BCUT2D eigenvalue weighted by atomic mass is 10.1. The Morgan fingerprint density at radius 3 is 2.50 bits per heavy atom. The van der Waals surface area contributed by atoms with Crippen molar-refractivity contribution in [3.8, 4) is 0 Å². The average Bonchev–Trinajstić information content (AvgIpc) is 2.92. The molecule has 32 heavy (non-hydrogen) atoms. The van der Waals surface area contributed by atoms with Crippen LogP contribution < -0.4 is 0 Å². The van der Waals surface area contributed by atoms with Crippen LogP contribution in [-0.4, -0.2) is 73.8 Å². The molecule has 2 aromatic carbocycles. The number of benzene rings is 2. The van der Waals surface area contributed by atoms with Gasteiger partial charge in [-0.05, 0) is 52.0 Å². The number of fused-ring (bicyclic) bond motifs is 2. The molecule has 0 aromatic heterocycles. The van der Waals surface area contributed by atoms with E-state index >= 15 is 0 Å². The van der Waals surface area contributed by atoms with Crippen LogP contribution in [0.1, 0.15) is 31.9 Å². The van der Waals surface area contributed by atoms with E-state index in [4.69, 9.17) is 14.5 Å². The van der Waals surface area contributed by atoms with Crippen molar-refractivity contribution in [3.05, 3.63) is 53.6 Å². The van der Waals surface area contributed by atoms with E-state index in [2.05, 4.69) is 80.0 Å². The largest absolute Gasteiger partial charge is 0.378 e. The van der Waals surface area contributed by atoms with E-state index in [0.717, 1.165) is 50.9 Å². The van der Waals surface area contributed by atoms with Gasteiger partial charge in [-0.2, -0.15) is 0 Å². The molecule has 6 heteroatoms. The number of rotatable bonds is 6. The molecule has 0 atom stereocenters. The zero-order valence-electron chi connectivity index (χ0n) is 19.8. The predicted octanol–water partition coefficient (Wildman–Crippen LogP) is 4.99. The highest BCUT2D eigenvalue weighted by Gasteiger charge is 2.25. The molecular weight excluding hydrogens is 418 g/mol. The maximum Gasteiger partial charge on any atom is 0.137 e. The Kier molecular flexibility index (Phi) is 7.56. The van der Waals surface area contributed by atoms with Crippen molar-refractivity contribution < 1.29 is 9.47 Å². The zero-order chi connectivity index (χ0) is 22.6. The Hall–Kier alpha value is -1.86. The third-order valence-corrected chi connectivity index (χ3v) is 6.81. The number of aliphatic imine (C=N–C) groups is 1. The second kappa shape index (κ2) is 10.4. The molecule has 0 saturated carbocycles. The Bertz CT molecular complexity index is 946. The minimum atomic E-state index is -0.101. The van der Waals surface area contributed by atoms with Gasteiger partial charge in [-0.25, -0.2) is 4.99 Å². The zero-order valence-corrected chi connectivity index (χ0v) is 20.6. The third-order valence-electron chi connectivity index (χ3n) is 5.67. The van der Waals surface area contributed by atoms with Crippen LogP contribution in [0.15, 0.2) is 57.2 Å². The fraction of sp³-hybridized carbons (Fsp3) is 0.500. The van der Waals surface area contributed by atoms with Crippen molar-refractivity contribution in [2.45, 2.75) is 43.1 Å². The van der Waals surface area contributed by atoms with Crippen LogP contribution in [0, 0.1) is 6.92 Å². The summed E-state index contributed by atoms with van der Waals surface area (Å²) in [4.78, 5) is 12.6. The van der Waals surface area contributed by atoms with Gasteiger partial charge in [0.05, 0.1) is 31.1 Å². The maximum absolute atomic E-state index is 5.78. The van der Waals surface area contributed by atoms with Gasteiger partial charge in [0.2, 0.25) is 0 Å². The topological polar surface area (TPSA) is 37.3 Å². The molecular formula is C26H35N3O2S. The van der Waals surface area contributed by atoms with Crippen molar-refractivity contribution in [1.82, 2.24) is 9.80 Å². The smallest absolute Gasteiger partial charge is 0.137 e. The standard InChI is InChI=1S/C26H35N3O2S/c1-20-9-10-23-21(19-20)25(27-22-7-5-6-8-24(22)32-23)29-13-11-28(12-14-29)15-16-30-17-18-31-26(2,3)4/h5-10,19H,11-18H2,1-4H3. The fourth-order valence-electron chi connectivity index (χ4n) is 3.96. The monoisotopic (exact) mass is 453 g/mol. The minimum absolute atomic E-state index is 0.101. The molecule has 1 saturated heterocycles. The highest BCUT2D eigenvalue weighted by Crippen LogP contribution is 2.40. The molecule has 0 amide bonds. The average molecular weight is 454 g/mol. The quantitative estimate of drug-likeness (QED) is 0.576. The van der Waals surface area contributed by atoms with E-state index < -0.39 is 0 Å². The summed E-state index contributed by atoms with van der Waals surface area (Å²) in [7, 11) is 0. The molecule has 0 aliphatic carbocycles. The van der Waals surface area contributed by atoms with Gasteiger partial charge in [0, 0.05) is 48.1 Å². The van der Waals surface area contributed by atoms with Crippen molar-refractivity contribution in [1.29, 1.82) is 0 Å². The van der Waals surface area contributed by atoms with Gasteiger partial charge in [-0.1, -0.05) is 35.5 Å². The lowest BCUT2D eigenvalue weighted by Crippen LogP contribution is -2.49. The van der Waals surface area contributed by atoms with Gasteiger partial charge in [0.1, 0.15) is 5.84 Å². The summed E-state index contributed by atoms with van der Waals surface area (Å²) in [5, 5.41) is 0. The molecule has 0 spiro atoms. The Labute approximate surface area is 196 Å². The number of aryl methyl sites for hydroxylation is 1. The number of hydrogen-bond donors (Lipinski definition) is 0. The molecule has 2 heterocycles. The van der Waals surface area contributed by atoms with E-state index in [9.17, 15) is 0 Å². The molecule has 0 radical (unpaired) electrons. The second-order valence-electron chi connectivity index (χ2n) is 9.41. The summed E-state index contributed by atoms with van der Waals surface area (Å²) in [5.74, 6) is 1.11. The lowest BCUT2D eigenvalue weighted by molar-refractivity contribution is -0.0374. The number of ether oxygens (including phenoxy) is 2. The van der Waals surface area contributed by atoms with Gasteiger partial charge >= 0.3 is 0 Å². The molecule has 0 unspecified atom stereocenters. The first-order chi connectivity index (χ1) is 15.4. The molecule has 2 aliphatic heterocycles. The highest BCUT2D eigenvalue weighted by molar-refractivity contribution is 7.99. The Morgan fingerprint density at radius 1 is 0.938 bits per heavy atom. The molecule has 0 N–H and O–H groups in total. The van der Waals surface area contributed by atoms with Crippen LogP contribution in [0.5, 0.6) is 0 Å². The van der Waals surface area contributed by atoms with Gasteiger partial charge < -0.3 is 14.4 Å². The summed E-state index contributed by atoms with van der Waals surface area (Å²) in [6, 6.07) is 15.2. The summed E-state index contributed by atoms with van der Waals surface area (Å²) in [5.41, 5.74) is 3.49. The van der Waals surface area contributed by atoms with E-state index in [1.807, 2.05) is 11.8 Å². The number of piperazine rings is 1. The fourth-order valence-corrected chi connectivity index (χ4v) is 4.96. The first-order valence-corrected chi connectivity index (χ1v) is 12.4. The normalized spacial score (nSPS) is 16.9.